The highest BCUT2D eigenvalue weighted by molar-refractivity contribution is 9.11. The molecule has 1 aliphatic heterocycles. The van der Waals surface area contributed by atoms with Crippen LogP contribution in [0.3, 0.4) is 0 Å². The van der Waals surface area contributed by atoms with Crippen molar-refractivity contribution in [3.05, 3.63) is 20.8 Å². The van der Waals surface area contributed by atoms with Crippen LogP contribution in [-0.2, 0) is 6.42 Å². The fourth-order valence-electron chi connectivity index (χ4n) is 2.26. The zero-order valence-corrected chi connectivity index (χ0v) is 12.7. The highest BCUT2D eigenvalue weighted by Crippen LogP contribution is 2.21. The van der Waals surface area contributed by atoms with Crippen LogP contribution in [0.1, 0.15) is 24.1 Å². The third-order valence-corrected chi connectivity index (χ3v) is 4.89. The molecule has 1 N–H and O–H groups in total. The van der Waals surface area contributed by atoms with E-state index in [1.807, 2.05) is 11.3 Å². The van der Waals surface area contributed by atoms with Gasteiger partial charge in [-0.05, 0) is 86.5 Å². The zero-order chi connectivity index (χ0) is 11.9. The summed E-state index contributed by atoms with van der Waals surface area (Å²) in [5, 5.41) is 3.53. The molecule has 0 saturated carbocycles. The highest BCUT2D eigenvalue weighted by atomic mass is 79.9. The summed E-state index contributed by atoms with van der Waals surface area (Å²) in [7, 11) is 0. The molecule has 1 aromatic heterocycles. The Balaban J connectivity index is 1.46. The van der Waals surface area contributed by atoms with Crippen molar-refractivity contribution >= 4 is 27.3 Å². The number of nitrogens with one attached hydrogen (secondary N) is 1. The molecule has 96 valence electrons. The molecule has 1 aliphatic rings. The second-order valence-corrected chi connectivity index (χ2v) is 7.16. The molecule has 0 aliphatic carbocycles. The Morgan fingerprint density at radius 1 is 1.24 bits per heavy atom. The molecule has 2 rings (SSSR count). The number of likely N-dealkylation sites (tertiary alicyclic amines) is 1. The van der Waals surface area contributed by atoms with E-state index in [1.165, 1.54) is 47.6 Å². The Morgan fingerprint density at radius 2 is 2.06 bits per heavy atom. The van der Waals surface area contributed by atoms with Crippen LogP contribution in [0, 0.1) is 0 Å². The molecule has 0 aromatic carbocycles. The van der Waals surface area contributed by atoms with Crippen LogP contribution in [0.4, 0.5) is 0 Å². The molecule has 1 aromatic rings. The second-order valence-electron chi connectivity index (χ2n) is 4.61. The van der Waals surface area contributed by atoms with Crippen LogP contribution < -0.4 is 5.32 Å². The van der Waals surface area contributed by atoms with Gasteiger partial charge in [-0.1, -0.05) is 0 Å². The average molecular weight is 317 g/mol. The molecule has 1 saturated heterocycles. The lowest BCUT2D eigenvalue weighted by Gasteiger charge is -2.14. The summed E-state index contributed by atoms with van der Waals surface area (Å²) in [6.45, 7) is 6.18. The summed E-state index contributed by atoms with van der Waals surface area (Å²) in [6, 6.07) is 4.34. The number of hydrogen-bond donors (Lipinski definition) is 1. The molecule has 1 fully saturated rings. The molecule has 4 heteroatoms. The predicted octanol–water partition coefficient (Wildman–Crippen LogP) is 3.13. The molecule has 0 bridgehead atoms. The first kappa shape index (κ1) is 13.5. The maximum absolute atomic E-state index is 3.53. The van der Waals surface area contributed by atoms with Crippen molar-refractivity contribution < 1.29 is 0 Å². The SMILES string of the molecule is Brc1ccc(CCNCCCN2CCCC2)s1. The van der Waals surface area contributed by atoms with Gasteiger partial charge in [-0.15, -0.1) is 11.3 Å². The molecule has 17 heavy (non-hydrogen) atoms. The first-order valence-corrected chi connectivity index (χ1v) is 8.13. The van der Waals surface area contributed by atoms with E-state index in [2.05, 4.69) is 38.3 Å². The van der Waals surface area contributed by atoms with Crippen molar-refractivity contribution in [3.8, 4) is 0 Å². The zero-order valence-electron chi connectivity index (χ0n) is 10.3. The molecular formula is C13H21BrN2S. The monoisotopic (exact) mass is 316 g/mol. The first-order valence-electron chi connectivity index (χ1n) is 6.52. The number of thiophene rings is 1. The Bertz CT molecular complexity index is 321. The van der Waals surface area contributed by atoms with Gasteiger partial charge >= 0.3 is 0 Å². The summed E-state index contributed by atoms with van der Waals surface area (Å²) in [6.07, 6.45) is 5.25. The van der Waals surface area contributed by atoms with Crippen molar-refractivity contribution in [2.45, 2.75) is 25.7 Å². The minimum Gasteiger partial charge on any atom is -0.316 e. The second kappa shape index (κ2) is 7.52. The highest BCUT2D eigenvalue weighted by Gasteiger charge is 2.09. The fraction of sp³-hybridized carbons (Fsp3) is 0.692. The Morgan fingerprint density at radius 3 is 2.76 bits per heavy atom. The van der Waals surface area contributed by atoms with Gasteiger partial charge in [0.05, 0.1) is 3.79 Å². The van der Waals surface area contributed by atoms with Crippen LogP contribution in [0.5, 0.6) is 0 Å². The van der Waals surface area contributed by atoms with Gasteiger partial charge in [0.25, 0.3) is 0 Å². The van der Waals surface area contributed by atoms with Crippen molar-refractivity contribution in [1.82, 2.24) is 10.2 Å². The van der Waals surface area contributed by atoms with Gasteiger partial charge in [-0.2, -0.15) is 0 Å². The van der Waals surface area contributed by atoms with Gasteiger partial charge in [-0.3, -0.25) is 0 Å². The van der Waals surface area contributed by atoms with Crippen molar-refractivity contribution in [2.24, 2.45) is 0 Å². The van der Waals surface area contributed by atoms with Crippen LogP contribution in [0.2, 0.25) is 0 Å². The lowest BCUT2D eigenvalue weighted by molar-refractivity contribution is 0.331. The normalized spacial score (nSPS) is 16.8. The maximum Gasteiger partial charge on any atom is 0.0701 e. The molecule has 0 atom stereocenters. The number of rotatable bonds is 7. The van der Waals surface area contributed by atoms with E-state index in [4.69, 9.17) is 0 Å². The topological polar surface area (TPSA) is 15.3 Å². The Labute approximate surface area is 117 Å². The van der Waals surface area contributed by atoms with E-state index >= 15 is 0 Å². The molecule has 2 heterocycles. The lowest BCUT2D eigenvalue weighted by Crippen LogP contribution is -2.25. The molecular weight excluding hydrogens is 296 g/mol. The van der Waals surface area contributed by atoms with Crippen molar-refractivity contribution in [2.75, 3.05) is 32.7 Å². The first-order chi connectivity index (χ1) is 8.34. The summed E-state index contributed by atoms with van der Waals surface area (Å²) in [5.74, 6) is 0. The molecule has 0 unspecified atom stereocenters. The number of hydrogen-bond acceptors (Lipinski definition) is 3. The van der Waals surface area contributed by atoms with Gasteiger partial charge in [0.15, 0.2) is 0 Å². The van der Waals surface area contributed by atoms with E-state index in [0.29, 0.717) is 0 Å². The minimum atomic E-state index is 1.10. The standard InChI is InChI=1S/C13H21BrN2S/c14-13-5-4-12(17-13)6-8-15-7-3-11-16-9-1-2-10-16/h4-5,15H,1-3,6-11H2. The van der Waals surface area contributed by atoms with Crippen LogP contribution in [0.25, 0.3) is 0 Å². The van der Waals surface area contributed by atoms with E-state index in [9.17, 15) is 0 Å². The summed E-state index contributed by atoms with van der Waals surface area (Å²) >= 11 is 5.34. The van der Waals surface area contributed by atoms with Gasteiger partial charge in [-0.25, -0.2) is 0 Å². The molecule has 0 spiro atoms. The predicted molar refractivity (Wildman–Crippen MR) is 78.9 cm³/mol. The number of halogens is 1. The lowest BCUT2D eigenvalue weighted by atomic mass is 10.3. The van der Waals surface area contributed by atoms with Crippen molar-refractivity contribution in [3.63, 3.8) is 0 Å². The van der Waals surface area contributed by atoms with Crippen LogP contribution >= 0.6 is 27.3 Å². The largest absolute Gasteiger partial charge is 0.316 e. The van der Waals surface area contributed by atoms with Gasteiger partial charge in [0.2, 0.25) is 0 Å². The van der Waals surface area contributed by atoms with E-state index < -0.39 is 0 Å². The quantitative estimate of drug-likeness (QED) is 0.777. The summed E-state index contributed by atoms with van der Waals surface area (Å²) in [4.78, 5) is 4.04. The van der Waals surface area contributed by atoms with Crippen LogP contribution in [-0.4, -0.2) is 37.6 Å². The van der Waals surface area contributed by atoms with Crippen LogP contribution in [0.15, 0.2) is 15.9 Å². The summed E-state index contributed by atoms with van der Waals surface area (Å²) in [5.41, 5.74) is 0. The van der Waals surface area contributed by atoms with E-state index in [1.54, 1.807) is 0 Å². The van der Waals surface area contributed by atoms with E-state index in [-0.39, 0.29) is 0 Å². The molecule has 0 amide bonds. The van der Waals surface area contributed by atoms with Gasteiger partial charge < -0.3 is 10.2 Å². The Kier molecular flexibility index (Phi) is 5.98. The van der Waals surface area contributed by atoms with Gasteiger partial charge in [0, 0.05) is 4.88 Å². The Hall–Kier alpha value is 0.1000. The smallest absolute Gasteiger partial charge is 0.0701 e. The third kappa shape index (κ3) is 5.08. The minimum absolute atomic E-state index is 1.10. The molecule has 2 nitrogen and oxygen atoms in total. The molecule has 0 radical (unpaired) electrons. The third-order valence-electron chi connectivity index (χ3n) is 3.20. The summed E-state index contributed by atoms with van der Waals surface area (Å²) < 4.78 is 1.24. The van der Waals surface area contributed by atoms with Crippen molar-refractivity contribution in [1.29, 1.82) is 0 Å². The van der Waals surface area contributed by atoms with Gasteiger partial charge in [0.1, 0.15) is 0 Å². The fourth-order valence-corrected chi connectivity index (χ4v) is 3.74. The average Bonchev–Trinajstić information content (AvgIpc) is 2.95. The number of nitrogens with zero attached hydrogens (tertiary/aromatic N) is 1. The maximum atomic E-state index is 3.53. The van der Waals surface area contributed by atoms with E-state index in [0.717, 1.165) is 19.5 Å².